The van der Waals surface area contributed by atoms with Crippen LogP contribution in [0.4, 0.5) is 4.39 Å². The molecule has 1 aliphatic heterocycles. The Morgan fingerprint density at radius 1 is 1.48 bits per heavy atom. The minimum Gasteiger partial charge on any atom is -0.381 e. The Bertz CT molecular complexity index is 571. The maximum atomic E-state index is 13.5. The summed E-state index contributed by atoms with van der Waals surface area (Å²) in [7, 11) is 1.74. The highest BCUT2D eigenvalue weighted by atomic mass is 19.1. The normalized spacial score (nSPS) is 15.2. The molecule has 2 rings (SSSR count). The van der Waals surface area contributed by atoms with Gasteiger partial charge in [0.2, 0.25) is 0 Å². The first-order valence-corrected chi connectivity index (χ1v) is 6.97. The summed E-state index contributed by atoms with van der Waals surface area (Å²) in [6.45, 7) is 1.48. The zero-order valence-corrected chi connectivity index (χ0v) is 12.1. The SMILES string of the molecule is CN(C(=O)c1cc(F)ccc1C#CCN)C1CCOCC1. The summed E-state index contributed by atoms with van der Waals surface area (Å²) in [4.78, 5) is 14.3. The van der Waals surface area contributed by atoms with Crippen molar-refractivity contribution < 1.29 is 13.9 Å². The fourth-order valence-corrected chi connectivity index (χ4v) is 2.38. The van der Waals surface area contributed by atoms with E-state index in [0.29, 0.717) is 18.8 Å². The first-order chi connectivity index (χ1) is 10.1. The van der Waals surface area contributed by atoms with Crippen LogP contribution in [0.15, 0.2) is 18.2 Å². The molecule has 0 atom stereocenters. The zero-order valence-electron chi connectivity index (χ0n) is 12.1. The van der Waals surface area contributed by atoms with Gasteiger partial charge < -0.3 is 15.4 Å². The van der Waals surface area contributed by atoms with E-state index in [4.69, 9.17) is 10.5 Å². The summed E-state index contributed by atoms with van der Waals surface area (Å²) in [5.74, 6) is 4.86. The molecule has 21 heavy (non-hydrogen) atoms. The molecule has 0 spiro atoms. The van der Waals surface area contributed by atoms with Gasteiger partial charge in [0, 0.05) is 31.9 Å². The van der Waals surface area contributed by atoms with Gasteiger partial charge in [-0.2, -0.15) is 0 Å². The van der Waals surface area contributed by atoms with Crippen molar-refractivity contribution in [3.63, 3.8) is 0 Å². The number of hydrogen-bond acceptors (Lipinski definition) is 3. The number of amides is 1. The lowest BCUT2D eigenvalue weighted by atomic mass is 10.0. The molecular weight excluding hydrogens is 271 g/mol. The fourth-order valence-electron chi connectivity index (χ4n) is 2.38. The van der Waals surface area contributed by atoms with Crippen LogP contribution in [0.2, 0.25) is 0 Å². The van der Waals surface area contributed by atoms with Gasteiger partial charge in [0.15, 0.2) is 0 Å². The van der Waals surface area contributed by atoms with Gasteiger partial charge in [0.25, 0.3) is 5.91 Å². The van der Waals surface area contributed by atoms with Crippen molar-refractivity contribution >= 4 is 5.91 Å². The standard InChI is InChI=1S/C16H19FN2O2/c1-19(14-6-9-21-10-7-14)16(20)15-11-13(17)5-4-12(15)3-2-8-18/h4-5,11,14H,6-10,18H2,1H3. The van der Waals surface area contributed by atoms with Gasteiger partial charge in [-0.3, -0.25) is 4.79 Å². The van der Waals surface area contributed by atoms with E-state index >= 15 is 0 Å². The molecule has 1 aromatic carbocycles. The summed E-state index contributed by atoms with van der Waals surface area (Å²) in [6.07, 6.45) is 1.59. The van der Waals surface area contributed by atoms with Gasteiger partial charge in [-0.05, 0) is 31.0 Å². The van der Waals surface area contributed by atoms with Crippen molar-refractivity contribution in [1.29, 1.82) is 0 Å². The molecule has 1 aromatic rings. The Kier molecular flexibility index (Phi) is 5.32. The van der Waals surface area contributed by atoms with Gasteiger partial charge in [-0.15, -0.1) is 0 Å². The first-order valence-electron chi connectivity index (χ1n) is 6.97. The summed E-state index contributed by atoms with van der Waals surface area (Å²) >= 11 is 0. The van der Waals surface area contributed by atoms with Crippen molar-refractivity contribution in [2.45, 2.75) is 18.9 Å². The topological polar surface area (TPSA) is 55.6 Å². The van der Waals surface area contributed by atoms with Crippen molar-refractivity contribution in [3.05, 3.63) is 35.1 Å². The largest absolute Gasteiger partial charge is 0.381 e. The molecule has 1 aliphatic rings. The molecule has 0 saturated carbocycles. The van der Waals surface area contributed by atoms with Crippen molar-refractivity contribution in [1.82, 2.24) is 4.90 Å². The highest BCUT2D eigenvalue weighted by Gasteiger charge is 2.24. The number of carbonyl (C=O) groups excluding carboxylic acids is 1. The number of hydrogen-bond donors (Lipinski definition) is 1. The minimum atomic E-state index is -0.447. The summed E-state index contributed by atoms with van der Waals surface area (Å²) < 4.78 is 18.8. The van der Waals surface area contributed by atoms with Crippen LogP contribution in [0.5, 0.6) is 0 Å². The maximum absolute atomic E-state index is 13.5. The van der Waals surface area contributed by atoms with Crippen LogP contribution < -0.4 is 5.73 Å². The third-order valence-corrected chi connectivity index (χ3v) is 3.60. The number of halogens is 1. The third kappa shape index (κ3) is 3.81. The summed E-state index contributed by atoms with van der Waals surface area (Å²) in [6, 6.07) is 4.16. The molecule has 4 nitrogen and oxygen atoms in total. The number of ether oxygens (including phenoxy) is 1. The fraction of sp³-hybridized carbons (Fsp3) is 0.438. The third-order valence-electron chi connectivity index (χ3n) is 3.60. The van der Waals surface area contributed by atoms with Crippen LogP contribution in [0.3, 0.4) is 0 Å². The van der Waals surface area contributed by atoms with E-state index in [1.54, 1.807) is 11.9 Å². The average molecular weight is 290 g/mol. The van der Waals surface area contributed by atoms with Crippen LogP contribution >= 0.6 is 0 Å². The van der Waals surface area contributed by atoms with E-state index in [2.05, 4.69) is 11.8 Å². The maximum Gasteiger partial charge on any atom is 0.255 e. The van der Waals surface area contributed by atoms with Crippen molar-refractivity contribution in [3.8, 4) is 11.8 Å². The molecule has 0 aromatic heterocycles. The van der Waals surface area contributed by atoms with Gasteiger partial charge in [0.05, 0.1) is 12.1 Å². The molecule has 2 N–H and O–H groups in total. The molecule has 0 aliphatic carbocycles. The second-order valence-electron chi connectivity index (χ2n) is 4.96. The molecule has 1 fully saturated rings. The Morgan fingerprint density at radius 2 is 2.19 bits per heavy atom. The number of nitrogens with zero attached hydrogens (tertiary/aromatic N) is 1. The van der Waals surface area contributed by atoms with Crippen molar-refractivity contribution in [2.24, 2.45) is 5.73 Å². The van der Waals surface area contributed by atoms with Gasteiger partial charge in [-0.25, -0.2) is 4.39 Å². The van der Waals surface area contributed by atoms with Crippen LogP contribution in [0, 0.1) is 17.7 Å². The molecule has 0 bridgehead atoms. The highest BCUT2D eigenvalue weighted by molar-refractivity contribution is 5.96. The quantitative estimate of drug-likeness (QED) is 0.837. The number of carbonyl (C=O) groups is 1. The highest BCUT2D eigenvalue weighted by Crippen LogP contribution is 2.18. The molecule has 1 heterocycles. The van der Waals surface area contributed by atoms with E-state index in [1.165, 1.54) is 18.2 Å². The first kappa shape index (κ1) is 15.5. The van der Waals surface area contributed by atoms with Crippen LogP contribution in [-0.2, 0) is 4.74 Å². The van der Waals surface area contributed by atoms with Gasteiger partial charge in [-0.1, -0.05) is 11.8 Å². The molecular formula is C16H19FN2O2. The smallest absolute Gasteiger partial charge is 0.255 e. The van der Waals surface area contributed by atoms with Crippen molar-refractivity contribution in [2.75, 3.05) is 26.8 Å². The average Bonchev–Trinajstić information content (AvgIpc) is 2.53. The van der Waals surface area contributed by atoms with Crippen LogP contribution in [0.1, 0.15) is 28.8 Å². The van der Waals surface area contributed by atoms with E-state index in [1.807, 2.05) is 0 Å². The van der Waals surface area contributed by atoms with Gasteiger partial charge in [0.1, 0.15) is 5.82 Å². The van der Waals surface area contributed by atoms with E-state index < -0.39 is 5.82 Å². The molecule has 0 radical (unpaired) electrons. The van der Waals surface area contributed by atoms with Gasteiger partial charge >= 0.3 is 0 Å². The lowest BCUT2D eigenvalue weighted by molar-refractivity contribution is 0.0361. The summed E-state index contributed by atoms with van der Waals surface area (Å²) in [5.41, 5.74) is 6.14. The zero-order chi connectivity index (χ0) is 15.2. The second-order valence-corrected chi connectivity index (χ2v) is 4.96. The number of rotatable bonds is 2. The molecule has 0 unspecified atom stereocenters. The molecule has 1 saturated heterocycles. The van der Waals surface area contributed by atoms with E-state index in [0.717, 1.165) is 12.8 Å². The lowest BCUT2D eigenvalue weighted by Gasteiger charge is -2.31. The van der Waals surface area contributed by atoms with E-state index in [-0.39, 0.29) is 24.1 Å². The summed E-state index contributed by atoms with van der Waals surface area (Å²) in [5, 5.41) is 0. The number of nitrogens with two attached hydrogens (primary N) is 1. The Labute approximate surface area is 124 Å². The van der Waals surface area contributed by atoms with E-state index in [9.17, 15) is 9.18 Å². The lowest BCUT2D eigenvalue weighted by Crippen LogP contribution is -2.40. The monoisotopic (exact) mass is 290 g/mol. The Balaban J connectivity index is 2.26. The van der Waals surface area contributed by atoms with Crippen LogP contribution in [-0.4, -0.2) is 43.7 Å². The second kappa shape index (κ2) is 7.21. The predicted octanol–water partition coefficient (Wildman–Crippen LogP) is 1.39. The molecule has 5 heteroatoms. The Morgan fingerprint density at radius 3 is 2.86 bits per heavy atom. The number of benzene rings is 1. The Hall–Kier alpha value is -1.90. The molecule has 1 amide bonds. The molecule has 112 valence electrons. The predicted molar refractivity (Wildman–Crippen MR) is 78.3 cm³/mol. The minimum absolute atomic E-state index is 0.116. The van der Waals surface area contributed by atoms with Crippen LogP contribution in [0.25, 0.3) is 0 Å².